The van der Waals surface area contributed by atoms with Gasteiger partial charge in [0.2, 0.25) is 0 Å². The number of hydrogen-bond donors (Lipinski definition) is 1. The van der Waals surface area contributed by atoms with Gasteiger partial charge in [-0.15, -0.1) is 0 Å². The smallest absolute Gasteiger partial charge is 0.317 e. The summed E-state index contributed by atoms with van der Waals surface area (Å²) in [5.41, 5.74) is 5.94. The zero-order chi connectivity index (χ0) is 25.7. The van der Waals surface area contributed by atoms with E-state index in [-0.39, 0.29) is 12.1 Å². The van der Waals surface area contributed by atoms with E-state index in [1.54, 1.807) is 0 Å². The molecule has 3 nitrogen and oxygen atoms in total. The second kappa shape index (κ2) is 12.1. The highest BCUT2D eigenvalue weighted by Crippen LogP contribution is 2.37. The van der Waals surface area contributed by atoms with Crippen molar-refractivity contribution in [2.24, 2.45) is 0 Å². The maximum atomic E-state index is 14.0. The summed E-state index contributed by atoms with van der Waals surface area (Å²) in [6, 6.07) is 25.7. The predicted octanol–water partition coefficient (Wildman–Crippen LogP) is 9.46. The van der Waals surface area contributed by atoms with E-state index in [9.17, 15) is 4.79 Å². The van der Waals surface area contributed by atoms with E-state index in [4.69, 9.17) is 0 Å². The summed E-state index contributed by atoms with van der Waals surface area (Å²) in [6.45, 7) is 9.37. The van der Waals surface area contributed by atoms with Crippen LogP contribution in [0.3, 0.4) is 0 Å². The van der Waals surface area contributed by atoms with E-state index < -0.39 is 0 Å². The molecule has 1 aliphatic rings. The molecule has 0 heterocycles. The predicted molar refractivity (Wildman–Crippen MR) is 155 cm³/mol. The zero-order valence-corrected chi connectivity index (χ0v) is 23.6. The van der Waals surface area contributed by atoms with Crippen molar-refractivity contribution in [3.8, 4) is 0 Å². The number of amides is 2. The molecule has 1 saturated carbocycles. The van der Waals surface area contributed by atoms with Gasteiger partial charge in [0.1, 0.15) is 0 Å². The largest absolute Gasteiger partial charge is 0.322 e. The molecule has 1 fully saturated rings. The van der Waals surface area contributed by atoms with E-state index in [2.05, 4.69) is 115 Å². The molecule has 0 atom stereocenters. The molecule has 2 amide bonds. The standard InChI is InChI=1S/C32H39BrN2O/c1-22(2)28-14-10-15-29(23(3)4)31(28)34-32(36)35(21-26-13-8-9-16-30(26)33)27-19-17-25(18-20-27)24-11-6-5-7-12-24/h5-16,22-23,25,27H,17-21H2,1-4H3,(H,34,36)/t25-,27-. The summed E-state index contributed by atoms with van der Waals surface area (Å²) in [5, 5.41) is 3.39. The molecule has 0 radical (unpaired) electrons. The maximum absolute atomic E-state index is 14.0. The van der Waals surface area contributed by atoms with Crippen molar-refractivity contribution in [1.82, 2.24) is 4.90 Å². The zero-order valence-electron chi connectivity index (χ0n) is 22.0. The Morgan fingerprint density at radius 1 is 0.833 bits per heavy atom. The van der Waals surface area contributed by atoms with E-state index in [1.165, 1.54) is 16.7 Å². The molecule has 190 valence electrons. The lowest BCUT2D eigenvalue weighted by Gasteiger charge is -2.38. The number of hydrogen-bond acceptors (Lipinski definition) is 1. The lowest BCUT2D eigenvalue weighted by Crippen LogP contribution is -2.44. The third kappa shape index (κ3) is 6.21. The molecule has 4 heteroatoms. The summed E-state index contributed by atoms with van der Waals surface area (Å²) in [7, 11) is 0. The minimum absolute atomic E-state index is 0.00362. The first kappa shape index (κ1) is 26.5. The average molecular weight is 548 g/mol. The van der Waals surface area contributed by atoms with Gasteiger partial charge in [0, 0.05) is 22.7 Å². The van der Waals surface area contributed by atoms with Crippen LogP contribution in [-0.2, 0) is 6.54 Å². The monoisotopic (exact) mass is 546 g/mol. The van der Waals surface area contributed by atoms with Gasteiger partial charge in [-0.25, -0.2) is 4.79 Å². The quantitative estimate of drug-likeness (QED) is 0.314. The number of nitrogens with zero attached hydrogens (tertiary/aromatic N) is 1. The fourth-order valence-electron chi connectivity index (χ4n) is 5.50. The number of carbonyl (C=O) groups is 1. The Balaban J connectivity index is 1.60. The Labute approximate surface area is 225 Å². The van der Waals surface area contributed by atoms with Gasteiger partial charge in [0.25, 0.3) is 0 Å². The van der Waals surface area contributed by atoms with Gasteiger partial charge in [-0.1, -0.05) is 110 Å². The number of nitrogens with one attached hydrogen (secondary N) is 1. The first-order valence-electron chi connectivity index (χ1n) is 13.3. The number of halogens is 1. The van der Waals surface area contributed by atoms with Gasteiger partial charge in [0.15, 0.2) is 0 Å². The summed E-state index contributed by atoms with van der Waals surface area (Å²) >= 11 is 3.71. The Hall–Kier alpha value is -2.59. The van der Waals surface area contributed by atoms with Crippen molar-refractivity contribution in [1.29, 1.82) is 0 Å². The highest BCUT2D eigenvalue weighted by molar-refractivity contribution is 9.10. The van der Waals surface area contributed by atoms with Gasteiger partial charge < -0.3 is 10.2 Å². The van der Waals surface area contributed by atoms with E-state index in [1.807, 2.05) is 12.1 Å². The molecular formula is C32H39BrN2O. The van der Waals surface area contributed by atoms with Crippen LogP contribution >= 0.6 is 15.9 Å². The van der Waals surface area contributed by atoms with Crippen LogP contribution in [-0.4, -0.2) is 17.0 Å². The van der Waals surface area contributed by atoms with Gasteiger partial charge in [-0.2, -0.15) is 0 Å². The molecule has 0 spiro atoms. The van der Waals surface area contributed by atoms with E-state index >= 15 is 0 Å². The van der Waals surface area contributed by atoms with E-state index in [0.29, 0.717) is 24.3 Å². The average Bonchev–Trinajstić information content (AvgIpc) is 2.88. The van der Waals surface area contributed by atoms with Crippen molar-refractivity contribution in [2.75, 3.05) is 5.32 Å². The molecule has 0 aromatic heterocycles. The first-order chi connectivity index (χ1) is 17.3. The number of carbonyl (C=O) groups excluding carboxylic acids is 1. The van der Waals surface area contributed by atoms with Crippen LogP contribution in [0.4, 0.5) is 10.5 Å². The third-order valence-corrected chi connectivity index (χ3v) is 8.35. The molecule has 1 aliphatic carbocycles. The van der Waals surface area contributed by atoms with Crippen molar-refractivity contribution in [3.63, 3.8) is 0 Å². The molecule has 0 saturated heterocycles. The third-order valence-electron chi connectivity index (χ3n) is 7.57. The summed E-state index contributed by atoms with van der Waals surface area (Å²) in [6.07, 6.45) is 4.24. The molecule has 0 aliphatic heterocycles. The van der Waals surface area contributed by atoms with Crippen LogP contribution in [0, 0.1) is 0 Å². The van der Waals surface area contributed by atoms with Crippen molar-refractivity contribution < 1.29 is 4.79 Å². The van der Waals surface area contributed by atoms with Crippen LogP contribution in [0.15, 0.2) is 77.3 Å². The van der Waals surface area contributed by atoms with Crippen molar-refractivity contribution >= 4 is 27.6 Å². The summed E-state index contributed by atoms with van der Waals surface area (Å²) in [5.74, 6) is 1.24. The van der Waals surface area contributed by atoms with Crippen LogP contribution in [0.5, 0.6) is 0 Å². The Bertz CT molecular complexity index is 1120. The van der Waals surface area contributed by atoms with Gasteiger partial charge in [0.05, 0.1) is 0 Å². The van der Waals surface area contributed by atoms with Gasteiger partial charge in [-0.05, 0) is 71.8 Å². The van der Waals surface area contributed by atoms with Crippen LogP contribution in [0.25, 0.3) is 0 Å². The molecule has 0 unspecified atom stereocenters. The fourth-order valence-corrected chi connectivity index (χ4v) is 5.91. The Kier molecular flexibility index (Phi) is 8.90. The number of anilines is 1. The minimum Gasteiger partial charge on any atom is -0.317 e. The number of benzene rings is 3. The molecule has 3 aromatic rings. The summed E-state index contributed by atoms with van der Waals surface area (Å²) in [4.78, 5) is 16.1. The number of para-hydroxylation sites is 1. The molecule has 4 rings (SSSR count). The van der Waals surface area contributed by atoms with Gasteiger partial charge >= 0.3 is 6.03 Å². The van der Waals surface area contributed by atoms with Crippen LogP contribution in [0.2, 0.25) is 0 Å². The first-order valence-corrected chi connectivity index (χ1v) is 14.1. The number of urea groups is 1. The van der Waals surface area contributed by atoms with Crippen LogP contribution in [0.1, 0.15) is 93.4 Å². The maximum Gasteiger partial charge on any atom is 0.322 e. The molecule has 36 heavy (non-hydrogen) atoms. The van der Waals surface area contributed by atoms with Crippen LogP contribution < -0.4 is 5.32 Å². The van der Waals surface area contributed by atoms with Gasteiger partial charge in [-0.3, -0.25) is 0 Å². The topological polar surface area (TPSA) is 32.3 Å². The second-order valence-corrected chi connectivity index (χ2v) is 11.5. The summed E-state index contributed by atoms with van der Waals surface area (Å²) < 4.78 is 1.05. The fraction of sp³-hybridized carbons (Fsp3) is 0.406. The minimum atomic E-state index is 0.00362. The highest BCUT2D eigenvalue weighted by Gasteiger charge is 2.31. The molecule has 3 aromatic carbocycles. The van der Waals surface area contributed by atoms with Crippen molar-refractivity contribution in [2.45, 2.75) is 83.7 Å². The number of rotatable bonds is 7. The normalized spacial score (nSPS) is 17.9. The molecule has 1 N–H and O–H groups in total. The van der Waals surface area contributed by atoms with Crippen molar-refractivity contribution in [3.05, 3.63) is 99.5 Å². The lowest BCUT2D eigenvalue weighted by molar-refractivity contribution is 0.158. The molecular weight excluding hydrogens is 508 g/mol. The highest BCUT2D eigenvalue weighted by atomic mass is 79.9. The Morgan fingerprint density at radius 3 is 2.00 bits per heavy atom. The van der Waals surface area contributed by atoms with E-state index in [0.717, 1.165) is 41.4 Å². The Morgan fingerprint density at radius 2 is 1.42 bits per heavy atom. The SMILES string of the molecule is CC(C)c1cccc(C(C)C)c1NC(=O)N(Cc1ccccc1Br)[C@H]1CC[C@H](c2ccccc2)CC1. The molecule has 0 bridgehead atoms. The second-order valence-electron chi connectivity index (χ2n) is 10.7. The lowest BCUT2D eigenvalue weighted by atomic mass is 9.81.